The van der Waals surface area contributed by atoms with Gasteiger partial charge in [-0.05, 0) is 77.9 Å². The Bertz CT molecular complexity index is 2720. The van der Waals surface area contributed by atoms with Crippen molar-refractivity contribution in [1.82, 2.24) is 9.13 Å². The molecule has 7 aromatic carbocycles. The van der Waals surface area contributed by atoms with E-state index in [9.17, 15) is 0 Å². The van der Waals surface area contributed by atoms with E-state index >= 15 is 0 Å². The van der Waals surface area contributed by atoms with Crippen LogP contribution < -0.4 is 0 Å². The van der Waals surface area contributed by atoms with Gasteiger partial charge in [-0.25, -0.2) is 0 Å². The van der Waals surface area contributed by atoms with Crippen molar-refractivity contribution in [2.75, 3.05) is 0 Å². The molecule has 0 aliphatic heterocycles. The Morgan fingerprint density at radius 3 is 1.56 bits per heavy atom. The quantitative estimate of drug-likeness (QED) is 0.206. The average Bonchev–Trinajstić information content (AvgIpc) is 3.75. The highest BCUT2D eigenvalue weighted by atomic mass is 16.3. The molecular weight excluding hydrogens is 548 g/mol. The summed E-state index contributed by atoms with van der Waals surface area (Å²) in [6, 6.07) is 56.7. The lowest BCUT2D eigenvalue weighted by molar-refractivity contribution is 0.669. The Balaban J connectivity index is 1.16. The maximum atomic E-state index is 6.14. The second-order valence-corrected chi connectivity index (χ2v) is 11.8. The molecule has 3 heterocycles. The third-order valence-electron chi connectivity index (χ3n) is 9.31. The number of hydrogen-bond acceptors (Lipinski definition) is 1. The van der Waals surface area contributed by atoms with Gasteiger partial charge in [0.15, 0.2) is 0 Å². The minimum Gasteiger partial charge on any atom is -0.456 e. The van der Waals surface area contributed by atoms with Gasteiger partial charge in [-0.2, -0.15) is 0 Å². The van der Waals surface area contributed by atoms with Crippen LogP contribution in [0.5, 0.6) is 0 Å². The molecule has 0 saturated carbocycles. The van der Waals surface area contributed by atoms with Gasteiger partial charge in [0.2, 0.25) is 0 Å². The van der Waals surface area contributed by atoms with E-state index in [1.54, 1.807) is 0 Å². The Kier molecular flexibility index (Phi) is 5.00. The molecule has 0 saturated heterocycles. The maximum absolute atomic E-state index is 6.14. The van der Waals surface area contributed by atoms with E-state index in [0.29, 0.717) is 0 Å². The van der Waals surface area contributed by atoms with E-state index in [-0.39, 0.29) is 0 Å². The van der Waals surface area contributed by atoms with Crippen LogP contribution in [0, 0.1) is 0 Å². The van der Waals surface area contributed by atoms with Gasteiger partial charge in [-0.3, -0.25) is 0 Å². The van der Waals surface area contributed by atoms with Crippen LogP contribution in [0.3, 0.4) is 0 Å². The van der Waals surface area contributed by atoms with Crippen LogP contribution in [-0.2, 0) is 0 Å². The van der Waals surface area contributed by atoms with Crippen molar-refractivity contribution in [3.05, 3.63) is 158 Å². The summed E-state index contributed by atoms with van der Waals surface area (Å²) >= 11 is 0. The van der Waals surface area contributed by atoms with Crippen molar-refractivity contribution in [1.29, 1.82) is 0 Å². The molecule has 210 valence electrons. The molecule has 0 fully saturated rings. The minimum absolute atomic E-state index is 0.908. The fourth-order valence-corrected chi connectivity index (χ4v) is 7.31. The van der Waals surface area contributed by atoms with Gasteiger partial charge >= 0.3 is 0 Å². The molecule has 0 atom stereocenters. The first-order valence-electron chi connectivity index (χ1n) is 15.4. The molecule has 0 amide bonds. The van der Waals surface area contributed by atoms with Gasteiger partial charge in [0, 0.05) is 43.7 Å². The summed E-state index contributed by atoms with van der Waals surface area (Å²) in [5.74, 6) is 0. The van der Waals surface area contributed by atoms with Gasteiger partial charge < -0.3 is 13.6 Å². The zero-order valence-corrected chi connectivity index (χ0v) is 24.3. The summed E-state index contributed by atoms with van der Waals surface area (Å²) in [6.07, 6.45) is 0. The lowest BCUT2D eigenvalue weighted by Crippen LogP contribution is -1.94. The van der Waals surface area contributed by atoms with Crippen LogP contribution in [0.2, 0.25) is 0 Å². The first kappa shape index (κ1) is 24.4. The molecular formula is C42H26N2O. The highest BCUT2D eigenvalue weighted by Crippen LogP contribution is 2.38. The largest absolute Gasteiger partial charge is 0.456 e. The Hall–Kier alpha value is -6.06. The van der Waals surface area contributed by atoms with E-state index in [0.717, 1.165) is 33.3 Å². The van der Waals surface area contributed by atoms with Crippen molar-refractivity contribution < 1.29 is 4.42 Å². The molecule has 3 heteroatoms. The molecule has 3 aromatic heterocycles. The Morgan fingerprint density at radius 1 is 0.311 bits per heavy atom. The van der Waals surface area contributed by atoms with Crippen LogP contribution in [0.25, 0.3) is 88.1 Å². The third-order valence-corrected chi connectivity index (χ3v) is 9.31. The predicted molar refractivity (Wildman–Crippen MR) is 188 cm³/mol. The summed E-state index contributed by atoms with van der Waals surface area (Å²) < 4.78 is 10.9. The van der Waals surface area contributed by atoms with E-state index in [1.807, 2.05) is 12.1 Å². The molecule has 10 aromatic rings. The van der Waals surface area contributed by atoms with Crippen molar-refractivity contribution in [2.24, 2.45) is 0 Å². The second kappa shape index (κ2) is 9.22. The zero-order chi connectivity index (χ0) is 29.5. The highest BCUT2D eigenvalue weighted by molar-refractivity contribution is 6.12. The molecule has 0 aliphatic carbocycles. The monoisotopic (exact) mass is 574 g/mol. The predicted octanol–water partition coefficient (Wildman–Crippen LogP) is 11.4. The van der Waals surface area contributed by atoms with Crippen LogP contribution in [0.15, 0.2) is 162 Å². The van der Waals surface area contributed by atoms with Gasteiger partial charge in [0.25, 0.3) is 0 Å². The van der Waals surface area contributed by atoms with E-state index in [2.05, 4.69) is 155 Å². The fraction of sp³-hybridized carbons (Fsp3) is 0. The van der Waals surface area contributed by atoms with Crippen LogP contribution in [0.4, 0.5) is 0 Å². The number of rotatable bonds is 3. The summed E-state index contributed by atoms with van der Waals surface area (Å²) in [7, 11) is 0. The summed E-state index contributed by atoms with van der Waals surface area (Å²) in [5, 5.41) is 7.30. The molecule has 0 bridgehead atoms. The number of fused-ring (bicyclic) bond motifs is 9. The van der Waals surface area contributed by atoms with Gasteiger partial charge in [0.1, 0.15) is 11.2 Å². The molecule has 3 nitrogen and oxygen atoms in total. The first-order chi connectivity index (χ1) is 22.3. The second-order valence-electron chi connectivity index (χ2n) is 11.8. The lowest BCUT2D eigenvalue weighted by atomic mass is 10.0. The summed E-state index contributed by atoms with van der Waals surface area (Å²) in [4.78, 5) is 0. The smallest absolute Gasteiger partial charge is 0.135 e. The summed E-state index contributed by atoms with van der Waals surface area (Å²) in [5.41, 5.74) is 11.3. The topological polar surface area (TPSA) is 23.0 Å². The normalized spacial score (nSPS) is 12.0. The molecule has 0 unspecified atom stereocenters. The molecule has 0 spiro atoms. The van der Waals surface area contributed by atoms with Crippen molar-refractivity contribution in [3.63, 3.8) is 0 Å². The van der Waals surface area contributed by atoms with Gasteiger partial charge in [-0.1, -0.05) is 91.0 Å². The highest BCUT2D eigenvalue weighted by Gasteiger charge is 2.16. The van der Waals surface area contributed by atoms with E-state index in [4.69, 9.17) is 4.42 Å². The van der Waals surface area contributed by atoms with Crippen LogP contribution in [-0.4, -0.2) is 9.13 Å². The van der Waals surface area contributed by atoms with E-state index in [1.165, 1.54) is 54.7 Å². The Morgan fingerprint density at radius 2 is 0.844 bits per heavy atom. The first-order valence-corrected chi connectivity index (χ1v) is 15.4. The fourth-order valence-electron chi connectivity index (χ4n) is 7.31. The standard InChI is InChI=1S/C42H26N2O/c1-5-16-37-31(12-1)32-13-2-6-17-38(32)43(37)29-11-9-10-27(24-29)28-20-22-40-35(25-28)33-14-3-7-18-39(33)44(40)30-21-23-42-36(26-30)34-15-4-8-19-41(34)45-42/h1-26H. The number of para-hydroxylation sites is 4. The van der Waals surface area contributed by atoms with Gasteiger partial charge in [-0.15, -0.1) is 0 Å². The molecule has 0 aliphatic rings. The SMILES string of the molecule is c1cc(-c2ccc3c(c2)c2ccccc2n3-c2ccc3oc4ccccc4c3c2)cc(-n2c3ccccc3c3ccccc32)c1. The van der Waals surface area contributed by atoms with Crippen molar-refractivity contribution in [2.45, 2.75) is 0 Å². The number of nitrogens with zero attached hydrogens (tertiary/aromatic N) is 2. The number of hydrogen-bond donors (Lipinski definition) is 0. The third kappa shape index (κ3) is 3.52. The molecule has 0 radical (unpaired) electrons. The van der Waals surface area contributed by atoms with Crippen molar-refractivity contribution >= 4 is 65.6 Å². The zero-order valence-electron chi connectivity index (χ0n) is 24.3. The van der Waals surface area contributed by atoms with Crippen molar-refractivity contribution in [3.8, 4) is 22.5 Å². The number of furan rings is 1. The van der Waals surface area contributed by atoms with Gasteiger partial charge in [0.05, 0.1) is 22.1 Å². The van der Waals surface area contributed by atoms with Crippen LogP contribution >= 0.6 is 0 Å². The van der Waals surface area contributed by atoms with Crippen LogP contribution in [0.1, 0.15) is 0 Å². The van der Waals surface area contributed by atoms with E-state index < -0.39 is 0 Å². The molecule has 10 rings (SSSR count). The lowest BCUT2D eigenvalue weighted by Gasteiger charge is -2.11. The minimum atomic E-state index is 0.908. The maximum Gasteiger partial charge on any atom is 0.135 e. The molecule has 45 heavy (non-hydrogen) atoms. The molecule has 0 N–H and O–H groups in total. The Labute approximate surface area is 258 Å². The number of benzene rings is 7. The summed E-state index contributed by atoms with van der Waals surface area (Å²) in [6.45, 7) is 0. The number of aromatic nitrogens is 2. The average molecular weight is 575 g/mol.